The van der Waals surface area contributed by atoms with E-state index >= 15 is 0 Å². The van der Waals surface area contributed by atoms with Crippen molar-refractivity contribution in [3.05, 3.63) is 12.3 Å². The third-order valence-corrected chi connectivity index (χ3v) is 1.95. The van der Waals surface area contributed by atoms with Crippen molar-refractivity contribution in [3.63, 3.8) is 0 Å². The Balaban J connectivity index is 3.03. The average molecular weight is 169 g/mol. The Labute approximate surface area is 76.8 Å². The minimum Gasteiger partial charge on any atom is -0.330 e. The smallest absolute Gasteiger partial charge is 0.227 e. The second-order valence-corrected chi connectivity index (χ2v) is 4.27. The van der Waals surface area contributed by atoms with Crippen molar-refractivity contribution in [2.75, 3.05) is 0 Å². The quantitative estimate of drug-likeness (QED) is 0.591. The van der Waals surface area contributed by atoms with Gasteiger partial charge in [-0.3, -0.25) is 4.79 Å². The first-order valence-corrected chi connectivity index (χ1v) is 4.13. The molecule has 2 nitrogen and oxygen atoms in total. The van der Waals surface area contributed by atoms with Gasteiger partial charge >= 0.3 is 0 Å². The highest BCUT2D eigenvalue weighted by Crippen LogP contribution is 2.33. The summed E-state index contributed by atoms with van der Waals surface area (Å²) in [6.07, 6.45) is -1.28. The summed E-state index contributed by atoms with van der Waals surface area (Å²) < 4.78 is 15.7. The lowest BCUT2D eigenvalue weighted by atomic mass is 9.76. The van der Waals surface area contributed by atoms with Gasteiger partial charge in [-0.05, 0) is 18.2 Å². The Kier molecular flexibility index (Phi) is 1.63. The third kappa shape index (κ3) is 1.87. The normalized spacial score (nSPS) is 32.1. The molecule has 0 radical (unpaired) electrons. The fourth-order valence-electron chi connectivity index (χ4n) is 1.31. The lowest BCUT2D eigenvalue weighted by Crippen LogP contribution is -2.41. The molecule has 0 spiro atoms. The van der Waals surface area contributed by atoms with Crippen molar-refractivity contribution >= 4 is 5.91 Å². The van der Waals surface area contributed by atoms with E-state index in [0.717, 1.165) is 0 Å². The summed E-state index contributed by atoms with van der Waals surface area (Å²) in [6, 6.07) is 0. The second-order valence-electron chi connectivity index (χ2n) is 4.27. The number of hydrogen-bond acceptors (Lipinski definition) is 1. The van der Waals surface area contributed by atoms with Crippen LogP contribution in [-0.4, -0.2) is 5.91 Å². The summed E-state index contributed by atoms with van der Waals surface area (Å²) in [5.41, 5.74) is 0.106. The van der Waals surface area contributed by atoms with Crippen molar-refractivity contribution in [1.82, 2.24) is 5.32 Å². The number of rotatable bonds is 0. The number of nitrogens with one attached hydrogen (secondary N) is 1. The number of hydrogen-bond donors (Lipinski definition) is 1. The van der Waals surface area contributed by atoms with Crippen LogP contribution in [0.25, 0.3) is 0 Å². The number of carbonyl (C=O) groups excluding carboxylic acids is 1. The molecule has 1 unspecified atom stereocenters. The van der Waals surface area contributed by atoms with Gasteiger partial charge in [0.05, 0.1) is 0 Å². The monoisotopic (exact) mass is 169 g/mol. The molecule has 68 valence electrons. The van der Waals surface area contributed by atoms with Crippen LogP contribution in [-0.2, 0) is 4.79 Å². The van der Waals surface area contributed by atoms with Crippen molar-refractivity contribution in [2.24, 2.45) is 11.3 Å². The lowest BCUT2D eigenvalue weighted by molar-refractivity contribution is -0.129. The van der Waals surface area contributed by atoms with Crippen molar-refractivity contribution in [3.8, 4) is 0 Å². The highest BCUT2D eigenvalue weighted by atomic mass is 16.2. The van der Waals surface area contributed by atoms with Crippen molar-refractivity contribution < 1.29 is 7.54 Å². The predicted molar refractivity (Wildman–Crippen MR) is 49.5 cm³/mol. The van der Waals surface area contributed by atoms with Crippen LogP contribution in [0.15, 0.2) is 12.3 Å². The van der Waals surface area contributed by atoms with Crippen LogP contribution in [0.1, 0.15) is 36.3 Å². The van der Waals surface area contributed by atoms with Gasteiger partial charge < -0.3 is 5.32 Å². The Bertz CT molecular complexity index is 278. The molecule has 1 heterocycles. The topological polar surface area (TPSA) is 29.1 Å². The van der Waals surface area contributed by atoms with Crippen LogP contribution in [0.4, 0.5) is 0 Å². The van der Waals surface area contributed by atoms with Gasteiger partial charge in [-0.2, -0.15) is 0 Å². The summed E-state index contributed by atoms with van der Waals surface area (Å²) in [4.78, 5) is 11.7. The second kappa shape index (κ2) is 2.92. The SMILES string of the molecule is [2H]C1([2H])CC(=C)NC(=O)C1C(C)(C)C. The van der Waals surface area contributed by atoms with Gasteiger partial charge in [0.2, 0.25) is 5.91 Å². The van der Waals surface area contributed by atoms with Crippen molar-refractivity contribution in [2.45, 2.75) is 33.6 Å². The maximum Gasteiger partial charge on any atom is 0.227 e. The molecule has 1 aliphatic heterocycles. The van der Waals surface area contributed by atoms with E-state index in [9.17, 15) is 4.79 Å². The van der Waals surface area contributed by atoms with Gasteiger partial charge in [-0.25, -0.2) is 0 Å². The fraction of sp³-hybridized carbons (Fsp3) is 0.700. The average Bonchev–Trinajstić information content (AvgIpc) is 1.75. The largest absolute Gasteiger partial charge is 0.330 e. The van der Waals surface area contributed by atoms with E-state index < -0.39 is 12.3 Å². The van der Waals surface area contributed by atoms with Crippen LogP contribution >= 0.6 is 0 Å². The first-order valence-electron chi connectivity index (χ1n) is 5.13. The Morgan fingerprint density at radius 2 is 2.25 bits per heavy atom. The molecular weight excluding hydrogens is 150 g/mol. The molecule has 12 heavy (non-hydrogen) atoms. The molecule has 0 aromatic heterocycles. The first kappa shape index (κ1) is 6.70. The molecule has 1 rings (SSSR count). The Hall–Kier alpha value is -0.790. The minimum atomic E-state index is -1.49. The minimum absolute atomic E-state index is 0.209. The van der Waals surface area contributed by atoms with E-state index in [0.29, 0.717) is 5.70 Å². The molecule has 2 heteroatoms. The zero-order chi connectivity index (χ0) is 11.1. The van der Waals surface area contributed by atoms with Crippen LogP contribution in [0, 0.1) is 11.3 Å². The fourth-order valence-corrected chi connectivity index (χ4v) is 1.31. The number of amides is 1. The molecule has 1 amide bonds. The van der Waals surface area contributed by atoms with Gasteiger partial charge in [0.15, 0.2) is 0 Å². The Morgan fingerprint density at radius 3 is 2.67 bits per heavy atom. The number of allylic oxidation sites excluding steroid dienone is 1. The molecule has 0 saturated carbocycles. The molecular formula is C10H17NO. The standard InChI is InChI=1S/C10H17NO/c1-7-5-6-8(9(12)11-7)10(2,3)4/h8H,1,5-6H2,2-4H3,(H,11,12)/i6D2. The summed E-state index contributed by atoms with van der Waals surface area (Å²) in [7, 11) is 0. The molecule has 0 aromatic rings. The zero-order valence-electron chi connectivity index (χ0n) is 9.90. The molecule has 1 aliphatic rings. The molecule has 1 atom stereocenters. The van der Waals surface area contributed by atoms with Crippen LogP contribution in [0.3, 0.4) is 0 Å². The van der Waals surface area contributed by atoms with Crippen LogP contribution in [0.2, 0.25) is 0 Å². The molecule has 1 saturated heterocycles. The van der Waals surface area contributed by atoms with Gasteiger partial charge in [0.25, 0.3) is 0 Å². The van der Waals surface area contributed by atoms with E-state index in [1.807, 2.05) is 20.8 Å². The molecule has 0 aromatic carbocycles. The molecule has 0 bridgehead atoms. The van der Waals surface area contributed by atoms with Crippen LogP contribution < -0.4 is 5.32 Å². The van der Waals surface area contributed by atoms with Gasteiger partial charge in [0, 0.05) is 14.4 Å². The molecule has 1 fully saturated rings. The maximum absolute atomic E-state index is 11.7. The predicted octanol–water partition coefficient (Wildman–Crippen LogP) is 2.07. The summed E-state index contributed by atoms with van der Waals surface area (Å²) >= 11 is 0. The maximum atomic E-state index is 11.7. The van der Waals surface area contributed by atoms with E-state index in [1.54, 1.807) is 0 Å². The molecule has 1 N–H and O–H groups in total. The van der Waals surface area contributed by atoms with Gasteiger partial charge in [0.1, 0.15) is 0 Å². The van der Waals surface area contributed by atoms with Crippen LogP contribution in [0.5, 0.6) is 0 Å². The van der Waals surface area contributed by atoms with E-state index in [1.165, 1.54) is 0 Å². The van der Waals surface area contributed by atoms with E-state index in [2.05, 4.69) is 11.9 Å². The van der Waals surface area contributed by atoms with E-state index in [-0.39, 0.29) is 17.7 Å². The summed E-state index contributed by atoms with van der Waals surface area (Å²) in [5, 5.41) is 2.62. The highest BCUT2D eigenvalue weighted by Gasteiger charge is 2.33. The molecule has 0 aliphatic carbocycles. The summed E-state index contributed by atoms with van der Waals surface area (Å²) in [6.45, 7) is 9.24. The number of piperidine rings is 1. The Morgan fingerprint density at radius 1 is 1.67 bits per heavy atom. The zero-order valence-corrected chi connectivity index (χ0v) is 7.90. The third-order valence-electron chi connectivity index (χ3n) is 1.95. The van der Waals surface area contributed by atoms with Gasteiger partial charge in [-0.15, -0.1) is 0 Å². The lowest BCUT2D eigenvalue weighted by Gasteiger charge is -2.33. The van der Waals surface area contributed by atoms with Crippen molar-refractivity contribution in [1.29, 1.82) is 0 Å². The van der Waals surface area contributed by atoms with E-state index in [4.69, 9.17) is 2.74 Å². The van der Waals surface area contributed by atoms with Gasteiger partial charge in [-0.1, -0.05) is 27.4 Å². The highest BCUT2D eigenvalue weighted by molar-refractivity contribution is 5.82. The summed E-state index contributed by atoms with van der Waals surface area (Å²) in [5.74, 6) is -0.862. The number of carbonyl (C=O) groups is 1. The first-order chi connectivity index (χ1) is 6.14.